The minimum absolute atomic E-state index is 0.0393. The van der Waals surface area contributed by atoms with E-state index in [0.29, 0.717) is 12.1 Å². The molecule has 1 aromatic heterocycles. The molecule has 1 atom stereocenters. The van der Waals surface area contributed by atoms with Gasteiger partial charge in [-0.15, -0.1) is 0 Å². The smallest absolute Gasteiger partial charge is 0.268 e. The van der Waals surface area contributed by atoms with Gasteiger partial charge in [-0.25, -0.2) is 0 Å². The highest BCUT2D eigenvalue weighted by atomic mass is 16.5. The molecule has 2 heterocycles. The van der Waals surface area contributed by atoms with Crippen molar-refractivity contribution in [2.24, 2.45) is 5.41 Å². The second-order valence-corrected chi connectivity index (χ2v) is 8.21. The molecule has 1 amide bonds. The number of carbonyl (C=O) groups excluding carboxylic acids is 2. The molecule has 6 heteroatoms. The summed E-state index contributed by atoms with van der Waals surface area (Å²) < 4.78 is 5.35. The van der Waals surface area contributed by atoms with Crippen LogP contribution in [0.1, 0.15) is 59.3 Å². The number of ketones is 1. The first-order valence-corrected chi connectivity index (χ1v) is 9.12. The molecule has 1 fully saturated rings. The summed E-state index contributed by atoms with van der Waals surface area (Å²) in [5.74, 6) is 0.0127. The van der Waals surface area contributed by atoms with E-state index in [-0.39, 0.29) is 23.1 Å². The second kappa shape index (κ2) is 6.92. The van der Waals surface area contributed by atoms with Crippen LogP contribution in [0.15, 0.2) is 0 Å². The molecule has 2 N–H and O–H groups in total. The van der Waals surface area contributed by atoms with Crippen LogP contribution in [0.3, 0.4) is 0 Å². The Hall–Kier alpha value is -1.66. The normalized spacial score (nSPS) is 21.7. The number of hydrogen-bond acceptors (Lipinski definition) is 4. The van der Waals surface area contributed by atoms with Crippen molar-refractivity contribution in [3.8, 4) is 0 Å². The lowest BCUT2D eigenvalue weighted by atomic mass is 9.75. The number of nitrogens with one attached hydrogen (secondary N) is 2. The summed E-state index contributed by atoms with van der Waals surface area (Å²) in [5, 5.41) is 3.07. The summed E-state index contributed by atoms with van der Waals surface area (Å²) in [7, 11) is 0. The van der Waals surface area contributed by atoms with Crippen LogP contribution in [-0.4, -0.2) is 60.5 Å². The van der Waals surface area contributed by atoms with Crippen LogP contribution in [0, 0.1) is 12.3 Å². The Morgan fingerprint density at radius 2 is 2.00 bits per heavy atom. The fourth-order valence-electron chi connectivity index (χ4n) is 3.97. The van der Waals surface area contributed by atoms with Gasteiger partial charge in [-0.3, -0.25) is 14.5 Å². The number of rotatable bonds is 4. The maximum absolute atomic E-state index is 12.7. The number of morpholine rings is 1. The van der Waals surface area contributed by atoms with E-state index in [2.05, 4.69) is 29.0 Å². The summed E-state index contributed by atoms with van der Waals surface area (Å²) in [4.78, 5) is 30.7. The molecule has 138 valence electrons. The van der Waals surface area contributed by atoms with Crippen molar-refractivity contribution in [3.63, 3.8) is 0 Å². The third kappa shape index (κ3) is 3.96. The fourth-order valence-corrected chi connectivity index (χ4v) is 3.97. The molecule has 1 aromatic rings. The molecule has 1 saturated heterocycles. The summed E-state index contributed by atoms with van der Waals surface area (Å²) in [6, 6.07) is 0.0393. The second-order valence-electron chi connectivity index (χ2n) is 8.21. The lowest BCUT2D eigenvalue weighted by Crippen LogP contribution is -2.46. The van der Waals surface area contributed by atoms with Crippen molar-refractivity contribution in [2.45, 2.75) is 46.6 Å². The molecule has 6 nitrogen and oxygen atoms in total. The SMILES string of the molecule is Cc1c(C(=O)N[C@H](C)CN2CCOCC2)[nH]c2c1C(=O)CC(C)(C)C2. The van der Waals surface area contributed by atoms with Crippen molar-refractivity contribution < 1.29 is 14.3 Å². The lowest BCUT2D eigenvalue weighted by Gasteiger charge is -2.29. The van der Waals surface area contributed by atoms with Gasteiger partial charge in [0.2, 0.25) is 0 Å². The molecule has 2 aliphatic rings. The third-order valence-corrected chi connectivity index (χ3v) is 5.14. The molecule has 0 unspecified atom stereocenters. The number of aromatic amines is 1. The molecule has 0 radical (unpaired) electrons. The number of H-pyrrole nitrogens is 1. The van der Waals surface area contributed by atoms with E-state index in [4.69, 9.17) is 4.74 Å². The molecular formula is C19H29N3O3. The Labute approximate surface area is 149 Å². The molecule has 3 rings (SSSR count). The van der Waals surface area contributed by atoms with E-state index < -0.39 is 0 Å². The molecular weight excluding hydrogens is 318 g/mol. The van der Waals surface area contributed by atoms with Crippen LogP contribution >= 0.6 is 0 Å². The maximum Gasteiger partial charge on any atom is 0.268 e. The van der Waals surface area contributed by atoms with E-state index in [0.717, 1.165) is 56.1 Å². The maximum atomic E-state index is 12.7. The number of amides is 1. The number of aromatic nitrogens is 1. The van der Waals surface area contributed by atoms with Crippen molar-refractivity contribution in [1.29, 1.82) is 0 Å². The highest BCUT2D eigenvalue weighted by Crippen LogP contribution is 2.36. The zero-order valence-electron chi connectivity index (χ0n) is 15.7. The molecule has 25 heavy (non-hydrogen) atoms. The minimum atomic E-state index is -0.127. The zero-order chi connectivity index (χ0) is 18.2. The first-order chi connectivity index (χ1) is 11.8. The van der Waals surface area contributed by atoms with E-state index >= 15 is 0 Å². The largest absolute Gasteiger partial charge is 0.379 e. The molecule has 0 saturated carbocycles. The first kappa shape index (κ1) is 18.1. The van der Waals surface area contributed by atoms with E-state index in [1.165, 1.54) is 0 Å². The van der Waals surface area contributed by atoms with Crippen LogP contribution in [-0.2, 0) is 11.2 Å². The number of fused-ring (bicyclic) bond motifs is 1. The number of hydrogen-bond donors (Lipinski definition) is 2. The summed E-state index contributed by atoms with van der Waals surface area (Å²) in [6.45, 7) is 12.2. The van der Waals surface area contributed by atoms with Gasteiger partial charge >= 0.3 is 0 Å². The van der Waals surface area contributed by atoms with Gasteiger partial charge in [-0.1, -0.05) is 13.8 Å². The molecule has 0 spiro atoms. The van der Waals surface area contributed by atoms with Gasteiger partial charge in [-0.05, 0) is 31.2 Å². The first-order valence-electron chi connectivity index (χ1n) is 9.12. The van der Waals surface area contributed by atoms with E-state index in [9.17, 15) is 9.59 Å². The quantitative estimate of drug-likeness (QED) is 0.873. The van der Waals surface area contributed by atoms with Gasteiger partial charge in [0.05, 0.1) is 13.2 Å². The Morgan fingerprint density at radius 1 is 1.32 bits per heavy atom. The molecule has 0 aromatic carbocycles. The Bertz CT molecular complexity index is 672. The van der Waals surface area contributed by atoms with Gasteiger partial charge < -0.3 is 15.0 Å². The Balaban J connectivity index is 1.69. The zero-order valence-corrected chi connectivity index (χ0v) is 15.7. The van der Waals surface area contributed by atoms with Crippen LogP contribution in [0.5, 0.6) is 0 Å². The van der Waals surface area contributed by atoms with Crippen LogP contribution in [0.4, 0.5) is 0 Å². The third-order valence-electron chi connectivity index (χ3n) is 5.14. The molecule has 0 bridgehead atoms. The van der Waals surface area contributed by atoms with Crippen LogP contribution < -0.4 is 5.32 Å². The average Bonchev–Trinajstić information content (AvgIpc) is 2.83. The van der Waals surface area contributed by atoms with E-state index in [1.807, 2.05) is 13.8 Å². The predicted molar refractivity (Wildman–Crippen MR) is 96.1 cm³/mol. The van der Waals surface area contributed by atoms with Gasteiger partial charge in [0.1, 0.15) is 5.69 Å². The number of carbonyl (C=O) groups is 2. The van der Waals surface area contributed by atoms with Gasteiger partial charge in [0.15, 0.2) is 5.78 Å². The lowest BCUT2D eigenvalue weighted by molar-refractivity contribution is 0.0342. The summed E-state index contributed by atoms with van der Waals surface area (Å²) >= 11 is 0. The van der Waals surface area contributed by atoms with Crippen molar-refractivity contribution in [2.75, 3.05) is 32.8 Å². The minimum Gasteiger partial charge on any atom is -0.379 e. The monoisotopic (exact) mass is 347 g/mol. The number of nitrogens with zero attached hydrogens (tertiary/aromatic N) is 1. The van der Waals surface area contributed by atoms with Crippen molar-refractivity contribution in [1.82, 2.24) is 15.2 Å². The molecule has 1 aliphatic carbocycles. The van der Waals surface area contributed by atoms with Crippen LogP contribution in [0.25, 0.3) is 0 Å². The van der Waals surface area contributed by atoms with Crippen molar-refractivity contribution >= 4 is 11.7 Å². The number of Topliss-reactive ketones (excluding diaryl/α,β-unsaturated/α-hetero) is 1. The Kier molecular flexibility index (Phi) is 5.02. The van der Waals surface area contributed by atoms with Crippen molar-refractivity contribution in [3.05, 3.63) is 22.5 Å². The Morgan fingerprint density at radius 3 is 2.68 bits per heavy atom. The number of ether oxygens (including phenoxy) is 1. The molecule has 1 aliphatic heterocycles. The van der Waals surface area contributed by atoms with Gasteiger partial charge in [0, 0.05) is 43.4 Å². The highest BCUT2D eigenvalue weighted by molar-refractivity contribution is 6.04. The fraction of sp³-hybridized carbons (Fsp3) is 0.684. The summed E-state index contributed by atoms with van der Waals surface area (Å²) in [6.07, 6.45) is 1.33. The van der Waals surface area contributed by atoms with Gasteiger partial charge in [-0.2, -0.15) is 0 Å². The van der Waals surface area contributed by atoms with E-state index in [1.54, 1.807) is 0 Å². The standard InChI is InChI=1S/C19H29N3O3/c1-12(11-22-5-7-25-8-6-22)20-18(24)17-13(2)16-14(21-17)9-19(3,4)10-15(16)23/h12,21H,5-11H2,1-4H3,(H,20,24)/t12-/m1/s1. The predicted octanol–water partition coefficient (Wildman–Crippen LogP) is 1.93. The highest BCUT2D eigenvalue weighted by Gasteiger charge is 2.35. The topological polar surface area (TPSA) is 74.4 Å². The summed E-state index contributed by atoms with van der Waals surface area (Å²) in [5.41, 5.74) is 2.89. The van der Waals surface area contributed by atoms with Gasteiger partial charge in [0.25, 0.3) is 5.91 Å². The average molecular weight is 347 g/mol. The van der Waals surface area contributed by atoms with Crippen LogP contribution in [0.2, 0.25) is 0 Å².